The summed E-state index contributed by atoms with van der Waals surface area (Å²) in [5, 5.41) is 5.18. The van der Waals surface area contributed by atoms with Crippen molar-refractivity contribution in [3.8, 4) is 22.4 Å². The molecule has 0 N–H and O–H groups in total. The summed E-state index contributed by atoms with van der Waals surface area (Å²) >= 11 is 1.77. The molecule has 0 atom stereocenters. The molecule has 4 heteroatoms. The molecular weight excluding hydrogens is 436 g/mol. The van der Waals surface area contributed by atoms with Crippen LogP contribution >= 0.6 is 11.3 Å². The van der Waals surface area contributed by atoms with E-state index in [1.165, 1.54) is 37.2 Å². The summed E-state index contributed by atoms with van der Waals surface area (Å²) in [7, 11) is -1.34. The Hall–Kier alpha value is -3.34. The molecule has 0 spiro atoms. The van der Waals surface area contributed by atoms with Gasteiger partial charge in [-0.2, -0.15) is 0 Å². The topological polar surface area (TPSA) is 25.8 Å². The molecule has 0 radical (unpaired) electrons. The van der Waals surface area contributed by atoms with Crippen LogP contribution in [0.1, 0.15) is 0 Å². The molecule has 0 unspecified atom stereocenters. The van der Waals surface area contributed by atoms with Crippen molar-refractivity contribution in [3.63, 3.8) is 0 Å². The Morgan fingerprint density at radius 2 is 1.42 bits per heavy atom. The number of rotatable bonds is 3. The first-order valence-corrected chi connectivity index (χ1v) is 15.6. The molecule has 33 heavy (non-hydrogen) atoms. The van der Waals surface area contributed by atoms with Crippen molar-refractivity contribution in [2.24, 2.45) is 0 Å². The van der Waals surface area contributed by atoms with E-state index in [1.54, 1.807) is 17.7 Å². The van der Waals surface area contributed by atoms with Crippen molar-refractivity contribution in [1.29, 1.82) is 0 Å². The van der Waals surface area contributed by atoms with E-state index < -0.39 is 8.07 Å². The van der Waals surface area contributed by atoms with E-state index >= 15 is 0 Å². The van der Waals surface area contributed by atoms with E-state index in [4.69, 9.17) is 4.98 Å². The van der Waals surface area contributed by atoms with Gasteiger partial charge in [-0.1, -0.05) is 91.6 Å². The van der Waals surface area contributed by atoms with Crippen molar-refractivity contribution in [1.82, 2.24) is 9.97 Å². The lowest BCUT2D eigenvalue weighted by atomic mass is 9.94. The molecule has 160 valence electrons. The fraction of sp³-hybridized carbons (Fsp3) is 0.103. The third-order valence-electron chi connectivity index (χ3n) is 6.36. The minimum atomic E-state index is -1.34. The zero-order chi connectivity index (χ0) is 22.6. The lowest BCUT2D eigenvalue weighted by Gasteiger charge is -2.17. The number of nitrogens with zero attached hydrogens (tertiary/aromatic N) is 2. The van der Waals surface area contributed by atoms with Crippen LogP contribution in [0.15, 0.2) is 91.3 Å². The van der Waals surface area contributed by atoms with Crippen molar-refractivity contribution >= 4 is 55.7 Å². The molecule has 2 heterocycles. The Morgan fingerprint density at radius 1 is 0.697 bits per heavy atom. The minimum absolute atomic E-state index is 1.01. The highest BCUT2D eigenvalue weighted by atomic mass is 32.1. The molecule has 0 fully saturated rings. The van der Waals surface area contributed by atoms with Gasteiger partial charge in [0.15, 0.2) is 0 Å². The second-order valence-corrected chi connectivity index (χ2v) is 15.7. The number of aromatic nitrogens is 2. The molecule has 0 aliphatic heterocycles. The average Bonchev–Trinajstić information content (AvgIpc) is 3.22. The Kier molecular flexibility index (Phi) is 4.68. The second-order valence-electron chi connectivity index (χ2n) is 9.57. The molecule has 0 aliphatic carbocycles. The van der Waals surface area contributed by atoms with E-state index in [-0.39, 0.29) is 0 Å². The number of thiophene rings is 1. The molecule has 4 aromatic carbocycles. The van der Waals surface area contributed by atoms with Gasteiger partial charge < -0.3 is 0 Å². The summed E-state index contributed by atoms with van der Waals surface area (Å²) in [5.74, 6) is 0. The first-order chi connectivity index (χ1) is 16.0. The number of hydrogen-bond acceptors (Lipinski definition) is 3. The van der Waals surface area contributed by atoms with Gasteiger partial charge in [-0.15, -0.1) is 11.3 Å². The maximum Gasteiger partial charge on any atom is 0.116 e. The van der Waals surface area contributed by atoms with Gasteiger partial charge in [0.25, 0.3) is 0 Å². The molecule has 0 amide bonds. The van der Waals surface area contributed by atoms with E-state index in [0.29, 0.717) is 0 Å². The van der Waals surface area contributed by atoms with E-state index in [2.05, 4.69) is 110 Å². The smallest absolute Gasteiger partial charge is 0.116 e. The molecule has 0 saturated carbocycles. The maximum atomic E-state index is 4.77. The van der Waals surface area contributed by atoms with Crippen molar-refractivity contribution in [3.05, 3.63) is 91.3 Å². The van der Waals surface area contributed by atoms with Crippen molar-refractivity contribution in [2.45, 2.75) is 19.6 Å². The van der Waals surface area contributed by atoms with Gasteiger partial charge in [0, 0.05) is 15.6 Å². The first-order valence-electron chi connectivity index (χ1n) is 11.3. The Balaban J connectivity index is 1.60. The standard InChI is InChI=1S/C29H24N2SSi/c1-33(2,3)22-14-12-19(13-15-22)25-17-21(16-20-8-4-5-9-23(20)25)27-29-28(31-18-30-27)24-10-6-7-11-26(24)32-29/h4-18H,1-3H3. The fourth-order valence-electron chi connectivity index (χ4n) is 4.57. The van der Waals surface area contributed by atoms with Crippen LogP contribution in [0.3, 0.4) is 0 Å². The molecule has 6 rings (SSSR count). The first kappa shape index (κ1) is 20.3. The van der Waals surface area contributed by atoms with E-state index in [1.807, 2.05) is 0 Å². The molecule has 0 aliphatic rings. The van der Waals surface area contributed by atoms with Crippen LogP contribution in [0.4, 0.5) is 0 Å². The lowest BCUT2D eigenvalue weighted by Crippen LogP contribution is -2.37. The van der Waals surface area contributed by atoms with Crippen LogP contribution < -0.4 is 5.19 Å². The van der Waals surface area contributed by atoms with Crippen molar-refractivity contribution < 1.29 is 0 Å². The highest BCUT2D eigenvalue weighted by molar-refractivity contribution is 7.26. The predicted octanol–water partition coefficient (Wildman–Crippen LogP) is 7.88. The normalized spacial score (nSPS) is 12.1. The Morgan fingerprint density at radius 3 is 2.21 bits per heavy atom. The van der Waals surface area contributed by atoms with Crippen LogP contribution in [0, 0.1) is 0 Å². The van der Waals surface area contributed by atoms with Crippen LogP contribution in [-0.4, -0.2) is 18.0 Å². The minimum Gasteiger partial charge on any atom is -0.235 e. The van der Waals surface area contributed by atoms with Gasteiger partial charge in [-0.3, -0.25) is 0 Å². The van der Waals surface area contributed by atoms with Gasteiger partial charge in [0.2, 0.25) is 0 Å². The van der Waals surface area contributed by atoms with Crippen LogP contribution in [0.2, 0.25) is 19.6 Å². The highest BCUT2D eigenvalue weighted by Crippen LogP contribution is 2.40. The van der Waals surface area contributed by atoms with E-state index in [9.17, 15) is 0 Å². The monoisotopic (exact) mass is 460 g/mol. The largest absolute Gasteiger partial charge is 0.235 e. The third kappa shape index (κ3) is 3.47. The molecular formula is C29H24N2SSi. The summed E-state index contributed by atoms with van der Waals surface area (Å²) in [6.45, 7) is 7.18. The quantitative estimate of drug-likeness (QED) is 0.251. The fourth-order valence-corrected chi connectivity index (χ4v) is 6.90. The molecule has 6 aromatic rings. The summed E-state index contributed by atoms with van der Waals surface area (Å²) in [5.41, 5.74) is 5.67. The SMILES string of the molecule is C[Si](C)(C)c1ccc(-c2cc(-c3ncnc4c3sc3ccccc34)cc3ccccc23)cc1. The maximum absolute atomic E-state index is 4.77. The van der Waals surface area contributed by atoms with Gasteiger partial charge >= 0.3 is 0 Å². The van der Waals surface area contributed by atoms with Gasteiger partial charge in [0.1, 0.15) is 6.33 Å². The summed E-state index contributed by atoms with van der Waals surface area (Å²) < 4.78 is 2.39. The van der Waals surface area contributed by atoms with Gasteiger partial charge in [-0.05, 0) is 40.1 Å². The summed E-state index contributed by atoms with van der Waals surface area (Å²) in [6, 6.07) is 30.9. The van der Waals surface area contributed by atoms with Crippen LogP contribution in [0.25, 0.3) is 53.5 Å². The Labute approximate surface area is 198 Å². The number of benzene rings is 4. The molecule has 0 saturated heterocycles. The van der Waals surface area contributed by atoms with Crippen LogP contribution in [0.5, 0.6) is 0 Å². The molecule has 2 aromatic heterocycles. The summed E-state index contributed by atoms with van der Waals surface area (Å²) in [4.78, 5) is 9.40. The van der Waals surface area contributed by atoms with Crippen molar-refractivity contribution in [2.75, 3.05) is 0 Å². The lowest BCUT2D eigenvalue weighted by molar-refractivity contribution is 1.24. The summed E-state index contributed by atoms with van der Waals surface area (Å²) in [6.07, 6.45) is 1.70. The van der Waals surface area contributed by atoms with Crippen LogP contribution in [-0.2, 0) is 0 Å². The number of hydrogen-bond donors (Lipinski definition) is 0. The molecule has 0 bridgehead atoms. The highest BCUT2D eigenvalue weighted by Gasteiger charge is 2.17. The Bertz CT molecular complexity index is 1640. The second kappa shape index (κ2) is 7.61. The zero-order valence-electron chi connectivity index (χ0n) is 19.0. The zero-order valence-corrected chi connectivity index (χ0v) is 20.8. The molecule has 2 nitrogen and oxygen atoms in total. The third-order valence-corrected chi connectivity index (χ3v) is 9.59. The van der Waals surface area contributed by atoms with Gasteiger partial charge in [0.05, 0.1) is 24.0 Å². The number of fused-ring (bicyclic) bond motifs is 4. The van der Waals surface area contributed by atoms with E-state index in [0.717, 1.165) is 21.5 Å². The average molecular weight is 461 g/mol. The van der Waals surface area contributed by atoms with Gasteiger partial charge in [-0.25, -0.2) is 9.97 Å². The predicted molar refractivity (Wildman–Crippen MR) is 146 cm³/mol.